The Morgan fingerprint density at radius 2 is 2.12 bits per heavy atom. The molecule has 0 aliphatic carbocycles. The number of nitrogens with zero attached hydrogens (tertiary/aromatic N) is 3. The van der Waals surface area contributed by atoms with Crippen LogP contribution in [0.15, 0.2) is 27.7 Å². The lowest BCUT2D eigenvalue weighted by molar-refractivity contribution is -0.110. The fourth-order valence-electron chi connectivity index (χ4n) is 2.18. The van der Waals surface area contributed by atoms with Crippen LogP contribution in [0, 0.1) is 6.92 Å². The molecule has 0 spiro atoms. The van der Waals surface area contributed by atoms with Gasteiger partial charge in [0.2, 0.25) is 0 Å². The first-order valence-electron chi connectivity index (χ1n) is 7.91. The van der Waals surface area contributed by atoms with Gasteiger partial charge in [0, 0.05) is 5.56 Å². The summed E-state index contributed by atoms with van der Waals surface area (Å²) in [6.45, 7) is 6.69. The molecule has 9 heteroatoms. The second kappa shape index (κ2) is 6.58. The fraction of sp³-hybridized carbons (Fsp3) is 0.353. The fourth-order valence-corrected chi connectivity index (χ4v) is 2.18. The summed E-state index contributed by atoms with van der Waals surface area (Å²) >= 11 is 0. The Kier molecular flexibility index (Phi) is 4.45. The van der Waals surface area contributed by atoms with Gasteiger partial charge in [0.15, 0.2) is 11.5 Å². The Bertz CT molecular complexity index is 895. The maximum absolute atomic E-state index is 12.3. The molecule has 1 aliphatic heterocycles. The molecule has 0 saturated carbocycles. The predicted molar refractivity (Wildman–Crippen MR) is 92.3 cm³/mol. The molecule has 0 radical (unpaired) electrons. The van der Waals surface area contributed by atoms with E-state index in [0.29, 0.717) is 28.7 Å². The summed E-state index contributed by atoms with van der Waals surface area (Å²) in [5, 5.41) is 6.40. The van der Waals surface area contributed by atoms with Crippen molar-refractivity contribution in [2.45, 2.75) is 33.3 Å². The van der Waals surface area contributed by atoms with Crippen molar-refractivity contribution in [2.75, 3.05) is 11.9 Å². The number of carbonyl (C=O) groups excluding carboxylic acids is 2. The van der Waals surface area contributed by atoms with E-state index in [-0.39, 0.29) is 12.3 Å². The van der Waals surface area contributed by atoms with Crippen LogP contribution in [0.2, 0.25) is 0 Å². The monoisotopic (exact) mass is 358 g/mol. The lowest BCUT2D eigenvalue weighted by Crippen LogP contribution is -2.28. The predicted octanol–water partition coefficient (Wildman–Crippen LogP) is 2.75. The van der Waals surface area contributed by atoms with Crippen LogP contribution in [0.4, 0.5) is 10.5 Å². The van der Waals surface area contributed by atoms with E-state index >= 15 is 0 Å². The van der Waals surface area contributed by atoms with Gasteiger partial charge in [-0.15, -0.1) is 0 Å². The van der Waals surface area contributed by atoms with Crippen molar-refractivity contribution >= 4 is 23.4 Å². The highest BCUT2D eigenvalue weighted by Gasteiger charge is 2.24. The smallest absolute Gasteiger partial charge is 0.434 e. The molecule has 0 unspecified atom stereocenters. The van der Waals surface area contributed by atoms with E-state index < -0.39 is 17.6 Å². The van der Waals surface area contributed by atoms with Crippen LogP contribution >= 0.6 is 0 Å². The number of carbonyl (C=O) groups is 2. The van der Waals surface area contributed by atoms with Gasteiger partial charge in [-0.05, 0) is 45.9 Å². The van der Waals surface area contributed by atoms with Gasteiger partial charge in [-0.25, -0.2) is 4.79 Å². The number of aliphatic imine (C=N–C) groups is 1. The number of nitrogens with one attached hydrogen (secondary N) is 1. The summed E-state index contributed by atoms with van der Waals surface area (Å²) in [7, 11) is 0. The molecule has 2 heterocycles. The maximum atomic E-state index is 12.3. The van der Waals surface area contributed by atoms with E-state index in [1.54, 1.807) is 45.9 Å². The van der Waals surface area contributed by atoms with E-state index in [9.17, 15) is 9.59 Å². The third-order valence-corrected chi connectivity index (χ3v) is 3.25. The van der Waals surface area contributed by atoms with Gasteiger partial charge in [-0.1, -0.05) is 5.16 Å². The topological polar surface area (TPSA) is 116 Å². The highest BCUT2D eigenvalue weighted by Crippen LogP contribution is 2.31. The molecule has 136 valence electrons. The molecule has 9 nitrogen and oxygen atoms in total. The second-order valence-corrected chi connectivity index (χ2v) is 6.64. The average molecular weight is 358 g/mol. The zero-order valence-corrected chi connectivity index (χ0v) is 14.8. The lowest BCUT2D eigenvalue weighted by atomic mass is 10.2. The highest BCUT2D eigenvalue weighted by atomic mass is 16.6. The minimum atomic E-state index is -0.848. The van der Waals surface area contributed by atoms with Crippen LogP contribution in [0.25, 0.3) is 11.5 Å². The first-order chi connectivity index (χ1) is 12.2. The van der Waals surface area contributed by atoms with Crippen molar-refractivity contribution < 1.29 is 23.6 Å². The van der Waals surface area contributed by atoms with Crippen LogP contribution in [0.5, 0.6) is 5.75 Å². The van der Waals surface area contributed by atoms with Crippen LogP contribution < -0.4 is 10.1 Å². The first kappa shape index (κ1) is 17.6. The zero-order valence-electron chi connectivity index (χ0n) is 14.8. The number of benzene rings is 1. The molecule has 2 aromatic rings. The van der Waals surface area contributed by atoms with Crippen LogP contribution in [0.3, 0.4) is 0 Å². The number of anilines is 1. The third kappa shape index (κ3) is 4.05. The van der Waals surface area contributed by atoms with Crippen LogP contribution in [-0.4, -0.2) is 40.1 Å². The Hall–Kier alpha value is -3.23. The molecule has 2 amide bonds. The largest absolute Gasteiger partial charge is 0.485 e. The third-order valence-electron chi connectivity index (χ3n) is 3.25. The van der Waals surface area contributed by atoms with Crippen molar-refractivity contribution in [3.63, 3.8) is 0 Å². The number of hydrogen-bond acceptors (Lipinski definition) is 7. The normalized spacial score (nSPS) is 15.7. The molecule has 1 aromatic carbocycles. The number of amides is 2. The minimum Gasteiger partial charge on any atom is -0.485 e. The SMILES string of the molecule is Cc1noc(-c2ccc3c(c2)NC(=O)C(=NC(=O)OC(C)(C)C)CO3)n1. The number of aromatic nitrogens is 2. The molecule has 1 aromatic heterocycles. The van der Waals surface area contributed by atoms with Gasteiger partial charge < -0.3 is 19.3 Å². The lowest BCUT2D eigenvalue weighted by Gasteiger charge is -2.17. The van der Waals surface area contributed by atoms with Gasteiger partial charge in [0.25, 0.3) is 11.8 Å². The zero-order chi connectivity index (χ0) is 18.9. The molecule has 0 saturated heterocycles. The Balaban J connectivity index is 1.83. The summed E-state index contributed by atoms with van der Waals surface area (Å²) < 4.78 is 15.8. The van der Waals surface area contributed by atoms with Gasteiger partial charge >= 0.3 is 6.09 Å². The minimum absolute atomic E-state index is 0.0781. The number of ether oxygens (including phenoxy) is 2. The average Bonchev–Trinajstić information content (AvgIpc) is 2.90. The summed E-state index contributed by atoms with van der Waals surface area (Å²) in [5.74, 6) is 0.717. The van der Waals surface area contributed by atoms with E-state index in [1.807, 2.05) is 0 Å². The standard InChI is InChI=1S/C17H18N4O5/c1-9-18-15(26-21-9)10-5-6-13-11(7-10)19-14(22)12(8-24-13)20-16(23)25-17(2,3)4/h5-7H,8H2,1-4H3,(H,19,22). The first-order valence-corrected chi connectivity index (χ1v) is 7.91. The molecule has 1 N–H and O–H groups in total. The molecule has 0 fully saturated rings. The van der Waals surface area contributed by atoms with Gasteiger partial charge in [-0.2, -0.15) is 9.98 Å². The second-order valence-electron chi connectivity index (χ2n) is 6.64. The molecule has 0 bridgehead atoms. The van der Waals surface area contributed by atoms with Crippen molar-refractivity contribution in [2.24, 2.45) is 4.99 Å². The van der Waals surface area contributed by atoms with Crippen molar-refractivity contribution in [1.29, 1.82) is 0 Å². The van der Waals surface area contributed by atoms with E-state index in [4.69, 9.17) is 14.0 Å². The number of rotatable bonds is 1. The highest BCUT2D eigenvalue weighted by molar-refractivity contribution is 6.45. The van der Waals surface area contributed by atoms with Crippen molar-refractivity contribution in [3.8, 4) is 17.2 Å². The van der Waals surface area contributed by atoms with E-state index in [0.717, 1.165) is 0 Å². The Morgan fingerprint density at radius 3 is 2.77 bits per heavy atom. The van der Waals surface area contributed by atoms with Gasteiger partial charge in [0.05, 0.1) is 5.69 Å². The molecule has 0 atom stereocenters. The number of aryl methyl sites for hydroxylation is 1. The van der Waals surface area contributed by atoms with Crippen molar-refractivity contribution in [3.05, 3.63) is 24.0 Å². The van der Waals surface area contributed by atoms with Gasteiger partial charge in [0.1, 0.15) is 18.0 Å². The maximum Gasteiger partial charge on any atom is 0.434 e. The Morgan fingerprint density at radius 1 is 1.35 bits per heavy atom. The van der Waals surface area contributed by atoms with Crippen LogP contribution in [0.1, 0.15) is 26.6 Å². The summed E-state index contributed by atoms with van der Waals surface area (Å²) in [6, 6.07) is 5.05. The van der Waals surface area contributed by atoms with E-state index in [1.165, 1.54) is 0 Å². The number of hydrogen-bond donors (Lipinski definition) is 1. The summed E-state index contributed by atoms with van der Waals surface area (Å²) in [4.78, 5) is 32.0. The Labute approximate surface area is 149 Å². The molecular formula is C17H18N4O5. The summed E-state index contributed by atoms with van der Waals surface area (Å²) in [6.07, 6.45) is -0.848. The van der Waals surface area contributed by atoms with E-state index in [2.05, 4.69) is 20.4 Å². The van der Waals surface area contributed by atoms with Gasteiger partial charge in [-0.3, -0.25) is 4.79 Å². The molecule has 26 heavy (non-hydrogen) atoms. The molecular weight excluding hydrogens is 340 g/mol. The number of fused-ring (bicyclic) bond motifs is 1. The summed E-state index contributed by atoms with van der Waals surface area (Å²) in [5.41, 5.74) is 0.257. The quantitative estimate of drug-likeness (QED) is 0.833. The molecule has 1 aliphatic rings. The van der Waals surface area contributed by atoms with Crippen molar-refractivity contribution in [1.82, 2.24) is 10.1 Å². The van der Waals surface area contributed by atoms with Crippen LogP contribution in [-0.2, 0) is 9.53 Å². The molecule has 3 rings (SSSR count).